The van der Waals surface area contributed by atoms with Gasteiger partial charge < -0.3 is 20.3 Å². The van der Waals surface area contributed by atoms with Gasteiger partial charge in [0.1, 0.15) is 5.75 Å². The van der Waals surface area contributed by atoms with Gasteiger partial charge in [-0.3, -0.25) is 4.79 Å². The van der Waals surface area contributed by atoms with Crippen molar-refractivity contribution in [3.05, 3.63) is 53.2 Å². The number of hydrogen-bond donors (Lipinski definition) is 2. The number of amides is 1. The fourth-order valence-electron chi connectivity index (χ4n) is 3.29. The van der Waals surface area contributed by atoms with Crippen molar-refractivity contribution in [2.75, 3.05) is 20.7 Å². The van der Waals surface area contributed by atoms with E-state index in [1.165, 1.54) is 0 Å². The van der Waals surface area contributed by atoms with Gasteiger partial charge in [0.25, 0.3) is 5.91 Å². The molecule has 2 aromatic rings. The van der Waals surface area contributed by atoms with E-state index in [4.69, 9.17) is 17.0 Å². The van der Waals surface area contributed by atoms with E-state index in [-0.39, 0.29) is 11.9 Å². The first-order chi connectivity index (χ1) is 12.4. The summed E-state index contributed by atoms with van der Waals surface area (Å²) in [4.78, 5) is 14.5. The van der Waals surface area contributed by atoms with E-state index in [0.29, 0.717) is 17.3 Å². The second-order valence-corrected chi connectivity index (χ2v) is 6.81. The van der Waals surface area contributed by atoms with Crippen LogP contribution in [-0.2, 0) is 4.79 Å². The van der Waals surface area contributed by atoms with Gasteiger partial charge in [-0.05, 0) is 42.9 Å². The molecular formula is C20H23N3O2S. The third-order valence-corrected chi connectivity index (χ3v) is 4.64. The lowest BCUT2D eigenvalue weighted by Crippen LogP contribution is -2.46. The minimum Gasteiger partial charge on any atom is -0.493 e. The van der Waals surface area contributed by atoms with E-state index < -0.39 is 0 Å². The van der Waals surface area contributed by atoms with Crippen LogP contribution >= 0.6 is 12.2 Å². The van der Waals surface area contributed by atoms with Crippen molar-refractivity contribution in [3.8, 4) is 5.75 Å². The van der Waals surface area contributed by atoms with Crippen molar-refractivity contribution in [1.82, 2.24) is 15.5 Å². The van der Waals surface area contributed by atoms with Crippen LogP contribution in [0.15, 0.2) is 47.7 Å². The molecule has 6 heteroatoms. The highest BCUT2D eigenvalue weighted by molar-refractivity contribution is 7.80. The van der Waals surface area contributed by atoms with Gasteiger partial charge in [0, 0.05) is 25.4 Å². The van der Waals surface area contributed by atoms with E-state index >= 15 is 0 Å². The van der Waals surface area contributed by atoms with Crippen LogP contribution in [0.1, 0.15) is 25.5 Å². The fraction of sp³-hybridized carbons (Fsp3) is 0.300. The van der Waals surface area contributed by atoms with Crippen molar-refractivity contribution in [2.45, 2.75) is 19.9 Å². The van der Waals surface area contributed by atoms with Gasteiger partial charge in [0.05, 0.1) is 18.2 Å². The zero-order chi connectivity index (χ0) is 18.8. The van der Waals surface area contributed by atoms with E-state index in [0.717, 1.165) is 27.8 Å². The Hall–Kier alpha value is -2.60. The minimum atomic E-state index is -0.383. The third kappa shape index (κ3) is 3.24. The molecule has 1 aliphatic heterocycles. The van der Waals surface area contributed by atoms with E-state index in [1.54, 1.807) is 19.0 Å². The maximum absolute atomic E-state index is 12.9. The summed E-state index contributed by atoms with van der Waals surface area (Å²) in [6.45, 7) is 4.37. The molecule has 0 aliphatic carbocycles. The SMILES string of the molecule is CCOc1ccc2ccccc2c1[C@@H]1NC(=S)NC(C)=C1C(=O)N(C)C. The molecule has 26 heavy (non-hydrogen) atoms. The Bertz CT molecular complexity index is 905. The Kier molecular flexibility index (Phi) is 5.13. The van der Waals surface area contributed by atoms with Crippen LogP contribution in [0.5, 0.6) is 5.75 Å². The number of thiocarbonyl (C=S) groups is 1. The van der Waals surface area contributed by atoms with Crippen LogP contribution in [0.25, 0.3) is 10.8 Å². The number of allylic oxidation sites excluding steroid dienone is 1. The zero-order valence-corrected chi connectivity index (χ0v) is 16.2. The molecule has 1 heterocycles. The Morgan fingerprint density at radius 2 is 1.96 bits per heavy atom. The van der Waals surface area contributed by atoms with Gasteiger partial charge in [0.2, 0.25) is 0 Å². The highest BCUT2D eigenvalue weighted by atomic mass is 32.1. The maximum Gasteiger partial charge on any atom is 0.253 e. The maximum atomic E-state index is 12.9. The summed E-state index contributed by atoms with van der Waals surface area (Å²) in [5.41, 5.74) is 2.33. The summed E-state index contributed by atoms with van der Waals surface area (Å²) in [6, 6.07) is 11.7. The van der Waals surface area contributed by atoms with Crippen LogP contribution in [0.3, 0.4) is 0 Å². The molecule has 3 rings (SSSR count). The molecule has 5 nitrogen and oxygen atoms in total. The lowest BCUT2D eigenvalue weighted by molar-refractivity contribution is -0.125. The van der Waals surface area contributed by atoms with Gasteiger partial charge in [-0.2, -0.15) is 0 Å². The summed E-state index contributed by atoms with van der Waals surface area (Å²) < 4.78 is 5.91. The topological polar surface area (TPSA) is 53.6 Å². The number of rotatable bonds is 4. The van der Waals surface area contributed by atoms with Crippen molar-refractivity contribution in [3.63, 3.8) is 0 Å². The second-order valence-electron chi connectivity index (χ2n) is 6.40. The molecule has 0 saturated heterocycles. The molecule has 136 valence electrons. The Morgan fingerprint density at radius 1 is 1.23 bits per heavy atom. The average Bonchev–Trinajstić information content (AvgIpc) is 2.60. The Balaban J connectivity index is 2.28. The molecule has 1 atom stereocenters. The monoisotopic (exact) mass is 369 g/mol. The molecule has 0 fully saturated rings. The first-order valence-corrected chi connectivity index (χ1v) is 8.99. The molecule has 0 saturated carbocycles. The van der Waals surface area contributed by atoms with Crippen molar-refractivity contribution in [2.24, 2.45) is 0 Å². The summed E-state index contributed by atoms with van der Waals surface area (Å²) >= 11 is 5.37. The van der Waals surface area contributed by atoms with Crippen LogP contribution in [0, 0.1) is 0 Å². The quantitative estimate of drug-likeness (QED) is 0.811. The first kappa shape index (κ1) is 18.2. The van der Waals surface area contributed by atoms with Gasteiger partial charge in [-0.15, -0.1) is 0 Å². The minimum absolute atomic E-state index is 0.0645. The zero-order valence-electron chi connectivity index (χ0n) is 15.4. The lowest BCUT2D eigenvalue weighted by Gasteiger charge is -2.33. The molecule has 1 amide bonds. The first-order valence-electron chi connectivity index (χ1n) is 8.58. The molecule has 2 N–H and O–H groups in total. The third-order valence-electron chi connectivity index (χ3n) is 4.42. The summed E-state index contributed by atoms with van der Waals surface area (Å²) in [7, 11) is 3.50. The van der Waals surface area contributed by atoms with Crippen molar-refractivity contribution < 1.29 is 9.53 Å². The standard InChI is InChI=1S/C20H23N3O2S/c1-5-25-15-11-10-13-8-6-7-9-14(13)17(15)18-16(19(24)23(3)4)12(2)21-20(26)22-18/h6-11,18H,5H2,1-4H3,(H2,21,22,26)/t18-/m1/s1. The normalized spacial score (nSPS) is 16.9. The number of nitrogens with one attached hydrogen (secondary N) is 2. The van der Waals surface area contributed by atoms with Crippen LogP contribution in [0.2, 0.25) is 0 Å². The number of carbonyl (C=O) groups excluding carboxylic acids is 1. The number of fused-ring (bicyclic) bond motifs is 1. The van der Waals surface area contributed by atoms with Gasteiger partial charge in [-0.25, -0.2) is 0 Å². The Labute approximate surface area is 159 Å². The summed E-state index contributed by atoms with van der Waals surface area (Å²) in [5, 5.41) is 8.98. The Morgan fingerprint density at radius 3 is 2.65 bits per heavy atom. The molecular weight excluding hydrogens is 346 g/mol. The van der Waals surface area contributed by atoms with Gasteiger partial charge in [0.15, 0.2) is 5.11 Å². The second kappa shape index (κ2) is 7.33. The number of benzene rings is 2. The van der Waals surface area contributed by atoms with Crippen LogP contribution in [-0.4, -0.2) is 36.6 Å². The predicted octanol–water partition coefficient (Wildman–Crippen LogP) is 3.12. The molecule has 1 aliphatic rings. The lowest BCUT2D eigenvalue weighted by atomic mass is 9.90. The molecule has 2 aromatic carbocycles. The predicted molar refractivity (Wildman–Crippen MR) is 108 cm³/mol. The average molecular weight is 369 g/mol. The fourth-order valence-corrected chi connectivity index (χ4v) is 3.56. The van der Waals surface area contributed by atoms with E-state index in [2.05, 4.69) is 16.7 Å². The van der Waals surface area contributed by atoms with Crippen LogP contribution < -0.4 is 15.4 Å². The van der Waals surface area contributed by atoms with Gasteiger partial charge in [-0.1, -0.05) is 30.3 Å². The number of hydrogen-bond acceptors (Lipinski definition) is 3. The van der Waals surface area contributed by atoms with E-state index in [9.17, 15) is 4.79 Å². The smallest absolute Gasteiger partial charge is 0.253 e. The molecule has 0 bridgehead atoms. The number of carbonyl (C=O) groups is 1. The van der Waals surface area contributed by atoms with Crippen LogP contribution in [0.4, 0.5) is 0 Å². The number of likely N-dealkylation sites (N-methyl/N-ethyl adjacent to an activating group) is 1. The number of nitrogens with zero attached hydrogens (tertiary/aromatic N) is 1. The highest BCUT2D eigenvalue weighted by Gasteiger charge is 2.33. The molecule has 0 spiro atoms. The van der Waals surface area contributed by atoms with Crippen molar-refractivity contribution in [1.29, 1.82) is 0 Å². The van der Waals surface area contributed by atoms with E-state index in [1.807, 2.05) is 44.2 Å². The number of ether oxygens (including phenoxy) is 1. The van der Waals surface area contributed by atoms with Crippen molar-refractivity contribution >= 4 is 34.0 Å². The molecule has 0 radical (unpaired) electrons. The molecule has 0 unspecified atom stereocenters. The highest BCUT2D eigenvalue weighted by Crippen LogP contribution is 2.38. The molecule has 0 aromatic heterocycles. The van der Waals surface area contributed by atoms with Gasteiger partial charge >= 0.3 is 0 Å². The largest absolute Gasteiger partial charge is 0.493 e. The summed E-state index contributed by atoms with van der Waals surface area (Å²) in [5.74, 6) is 0.690. The summed E-state index contributed by atoms with van der Waals surface area (Å²) in [6.07, 6.45) is 0.